The monoisotopic (exact) mass is 251 g/mol. The molecule has 2 N–H and O–H groups in total. The maximum atomic E-state index is 13.7. The fourth-order valence-corrected chi connectivity index (χ4v) is 2.94. The first-order valence-electron chi connectivity index (χ1n) is 6.65. The van der Waals surface area contributed by atoms with Gasteiger partial charge >= 0.3 is 0 Å². The van der Waals surface area contributed by atoms with Gasteiger partial charge in [0, 0.05) is 6.04 Å². The van der Waals surface area contributed by atoms with E-state index in [4.69, 9.17) is 10.5 Å². The third kappa shape index (κ3) is 2.83. The van der Waals surface area contributed by atoms with Gasteiger partial charge in [0.1, 0.15) is 6.10 Å². The van der Waals surface area contributed by atoms with Gasteiger partial charge in [0.25, 0.3) is 0 Å². The number of hydrogen-bond acceptors (Lipinski definition) is 2. The van der Waals surface area contributed by atoms with Gasteiger partial charge in [0.15, 0.2) is 11.6 Å². The van der Waals surface area contributed by atoms with Crippen LogP contribution in [0.3, 0.4) is 0 Å². The van der Waals surface area contributed by atoms with Gasteiger partial charge in [0.2, 0.25) is 0 Å². The molecule has 100 valence electrons. The Morgan fingerprint density at radius 1 is 1.28 bits per heavy atom. The lowest BCUT2D eigenvalue weighted by molar-refractivity contribution is 0.0593. The largest absolute Gasteiger partial charge is 0.485 e. The van der Waals surface area contributed by atoms with Gasteiger partial charge in [0.05, 0.1) is 0 Å². The van der Waals surface area contributed by atoms with Crippen molar-refractivity contribution in [2.24, 2.45) is 17.6 Å². The van der Waals surface area contributed by atoms with Crippen molar-refractivity contribution in [1.29, 1.82) is 0 Å². The van der Waals surface area contributed by atoms with Gasteiger partial charge in [-0.1, -0.05) is 19.9 Å². The quantitative estimate of drug-likeness (QED) is 0.875. The highest BCUT2D eigenvalue weighted by atomic mass is 19.1. The number of nitrogens with two attached hydrogens (primary N) is 1. The molecular weight excluding hydrogens is 229 g/mol. The summed E-state index contributed by atoms with van der Waals surface area (Å²) < 4.78 is 19.5. The third-order valence-electron chi connectivity index (χ3n) is 3.78. The summed E-state index contributed by atoms with van der Waals surface area (Å²) >= 11 is 0. The first kappa shape index (κ1) is 13.3. The summed E-state index contributed by atoms with van der Waals surface area (Å²) in [4.78, 5) is 0. The summed E-state index contributed by atoms with van der Waals surface area (Å²) in [5.74, 6) is 1.01. The Hall–Kier alpha value is -1.09. The van der Waals surface area contributed by atoms with Crippen molar-refractivity contribution in [1.82, 2.24) is 0 Å². The second-order valence-electron chi connectivity index (χ2n) is 5.73. The van der Waals surface area contributed by atoms with E-state index < -0.39 is 0 Å². The van der Waals surface area contributed by atoms with Crippen molar-refractivity contribution in [2.45, 2.75) is 45.8 Å². The minimum Gasteiger partial charge on any atom is -0.485 e. The number of aryl methyl sites for hydroxylation is 1. The molecule has 0 saturated heterocycles. The van der Waals surface area contributed by atoms with Crippen LogP contribution in [0.2, 0.25) is 0 Å². The van der Waals surface area contributed by atoms with E-state index in [0.29, 0.717) is 17.6 Å². The van der Waals surface area contributed by atoms with Gasteiger partial charge in [-0.05, 0) is 49.3 Å². The van der Waals surface area contributed by atoms with E-state index in [1.54, 1.807) is 12.1 Å². The molecule has 2 nitrogen and oxygen atoms in total. The highest BCUT2D eigenvalue weighted by Crippen LogP contribution is 2.32. The Bertz CT molecular complexity index is 409. The van der Waals surface area contributed by atoms with Crippen LogP contribution in [-0.2, 0) is 0 Å². The van der Waals surface area contributed by atoms with Crippen LogP contribution < -0.4 is 10.5 Å². The number of halogens is 1. The Morgan fingerprint density at radius 3 is 2.67 bits per heavy atom. The predicted molar refractivity (Wildman–Crippen MR) is 71.1 cm³/mol. The molecule has 1 aliphatic carbocycles. The van der Waals surface area contributed by atoms with Gasteiger partial charge in [-0.15, -0.1) is 0 Å². The Balaban J connectivity index is 2.15. The zero-order chi connectivity index (χ0) is 13.3. The van der Waals surface area contributed by atoms with Gasteiger partial charge in [-0.3, -0.25) is 0 Å². The fraction of sp³-hybridized carbons (Fsp3) is 0.600. The highest BCUT2D eigenvalue weighted by Gasteiger charge is 2.33. The van der Waals surface area contributed by atoms with Gasteiger partial charge < -0.3 is 10.5 Å². The lowest BCUT2D eigenvalue weighted by Gasteiger charge is -2.37. The zero-order valence-corrected chi connectivity index (χ0v) is 11.3. The van der Waals surface area contributed by atoms with Crippen LogP contribution in [-0.4, -0.2) is 12.1 Å². The SMILES string of the molecule is Cc1ccc(F)c(OC2C(C)CC(C)CC2N)c1. The van der Waals surface area contributed by atoms with Crippen LogP contribution in [0.1, 0.15) is 32.3 Å². The predicted octanol–water partition coefficient (Wildman–Crippen LogP) is 3.27. The fourth-order valence-electron chi connectivity index (χ4n) is 2.94. The molecule has 0 aliphatic heterocycles. The number of ether oxygens (including phenoxy) is 1. The smallest absolute Gasteiger partial charge is 0.165 e. The summed E-state index contributed by atoms with van der Waals surface area (Å²) in [5.41, 5.74) is 7.15. The Labute approximate surface area is 108 Å². The van der Waals surface area contributed by atoms with Gasteiger partial charge in [-0.25, -0.2) is 4.39 Å². The average molecular weight is 251 g/mol. The molecule has 1 fully saturated rings. The van der Waals surface area contributed by atoms with Crippen LogP contribution in [0.15, 0.2) is 18.2 Å². The van der Waals surface area contributed by atoms with Crippen molar-refractivity contribution < 1.29 is 9.13 Å². The molecule has 0 radical (unpaired) electrons. The van der Waals surface area contributed by atoms with E-state index in [1.165, 1.54) is 6.07 Å². The van der Waals surface area contributed by atoms with Crippen molar-refractivity contribution >= 4 is 0 Å². The van der Waals surface area contributed by atoms with Crippen LogP contribution in [0, 0.1) is 24.6 Å². The second kappa shape index (κ2) is 5.27. The van der Waals surface area contributed by atoms with E-state index in [1.807, 2.05) is 6.92 Å². The summed E-state index contributed by atoms with van der Waals surface area (Å²) in [6, 6.07) is 4.93. The summed E-state index contributed by atoms with van der Waals surface area (Å²) in [5, 5.41) is 0. The molecule has 3 heteroatoms. The molecule has 1 saturated carbocycles. The van der Waals surface area contributed by atoms with E-state index in [-0.39, 0.29) is 18.0 Å². The number of hydrogen-bond donors (Lipinski definition) is 1. The molecule has 0 heterocycles. The highest BCUT2D eigenvalue weighted by molar-refractivity contribution is 5.29. The molecule has 0 spiro atoms. The average Bonchev–Trinajstić information content (AvgIpc) is 2.28. The van der Waals surface area contributed by atoms with E-state index in [0.717, 1.165) is 18.4 Å². The molecule has 0 aromatic heterocycles. The summed E-state index contributed by atoms with van der Waals surface area (Å²) in [7, 11) is 0. The molecule has 0 bridgehead atoms. The normalized spacial score (nSPS) is 32.3. The molecule has 4 unspecified atom stereocenters. The maximum Gasteiger partial charge on any atom is 0.165 e. The lowest BCUT2D eigenvalue weighted by Crippen LogP contribution is -2.48. The molecule has 0 amide bonds. The van der Waals surface area contributed by atoms with Crippen LogP contribution in [0.25, 0.3) is 0 Å². The maximum absolute atomic E-state index is 13.7. The minimum absolute atomic E-state index is 0.0105. The van der Waals surface area contributed by atoms with E-state index >= 15 is 0 Å². The minimum atomic E-state index is -0.307. The Morgan fingerprint density at radius 2 is 2.00 bits per heavy atom. The van der Waals surface area contributed by atoms with Crippen LogP contribution >= 0.6 is 0 Å². The topological polar surface area (TPSA) is 35.2 Å². The number of benzene rings is 1. The molecular formula is C15H22FNO. The number of rotatable bonds is 2. The lowest BCUT2D eigenvalue weighted by atomic mass is 9.78. The Kier molecular flexibility index (Phi) is 3.91. The van der Waals surface area contributed by atoms with E-state index in [9.17, 15) is 4.39 Å². The first-order valence-corrected chi connectivity index (χ1v) is 6.65. The first-order chi connectivity index (χ1) is 8.47. The molecule has 1 aromatic rings. The summed E-state index contributed by atoms with van der Waals surface area (Å²) in [6.07, 6.45) is 1.95. The molecule has 1 aromatic carbocycles. The van der Waals surface area contributed by atoms with Crippen molar-refractivity contribution in [2.75, 3.05) is 0 Å². The van der Waals surface area contributed by atoms with Crippen LogP contribution in [0.4, 0.5) is 4.39 Å². The van der Waals surface area contributed by atoms with Gasteiger partial charge in [-0.2, -0.15) is 0 Å². The van der Waals surface area contributed by atoms with E-state index in [2.05, 4.69) is 13.8 Å². The second-order valence-corrected chi connectivity index (χ2v) is 5.73. The molecule has 4 atom stereocenters. The molecule has 2 rings (SSSR count). The van der Waals surface area contributed by atoms with Crippen molar-refractivity contribution in [3.63, 3.8) is 0 Å². The molecule has 18 heavy (non-hydrogen) atoms. The zero-order valence-electron chi connectivity index (χ0n) is 11.3. The molecule has 1 aliphatic rings. The van der Waals surface area contributed by atoms with Crippen molar-refractivity contribution in [3.8, 4) is 5.75 Å². The van der Waals surface area contributed by atoms with Crippen molar-refractivity contribution in [3.05, 3.63) is 29.6 Å². The summed E-state index contributed by atoms with van der Waals surface area (Å²) in [6.45, 7) is 6.27. The standard InChI is InChI=1S/C15H22FNO/c1-9-4-5-12(16)14(8-9)18-15-11(3)6-10(2)7-13(15)17/h4-5,8,10-11,13,15H,6-7,17H2,1-3H3. The van der Waals surface area contributed by atoms with Crippen LogP contribution in [0.5, 0.6) is 5.75 Å². The third-order valence-corrected chi connectivity index (χ3v) is 3.78.